The second-order valence-corrected chi connectivity index (χ2v) is 5.80. The zero-order valence-electron chi connectivity index (χ0n) is 12.2. The molecule has 110 valence electrons. The second kappa shape index (κ2) is 5.31. The third-order valence-electron chi connectivity index (χ3n) is 3.77. The number of nitrogens with zero attached hydrogens (tertiary/aromatic N) is 1. The summed E-state index contributed by atoms with van der Waals surface area (Å²) in [5, 5.41) is 11.7. The molecule has 7 heteroatoms. The summed E-state index contributed by atoms with van der Waals surface area (Å²) < 4.78 is 25.5. The molecule has 1 saturated heterocycles. The molecule has 1 aliphatic rings. The summed E-state index contributed by atoms with van der Waals surface area (Å²) in [6, 6.07) is 2.83. The number of nitrogens with one attached hydrogen (secondary N) is 1. The second-order valence-electron chi connectivity index (χ2n) is 5.80. The molecule has 0 atom stereocenters. The first-order valence-electron chi connectivity index (χ1n) is 6.63. The largest absolute Gasteiger partial charge is 0.517 e. The number of aromatic nitrogens is 1. The van der Waals surface area contributed by atoms with Crippen LogP contribution in [0.3, 0.4) is 0 Å². The Kier molecular flexibility index (Phi) is 4.04. The highest BCUT2D eigenvalue weighted by molar-refractivity contribution is 6.61. The zero-order valence-corrected chi connectivity index (χ0v) is 12.2. The Bertz CT molecular complexity index is 481. The maximum absolute atomic E-state index is 13.9. The average molecular weight is 282 g/mol. The molecule has 0 amide bonds. The van der Waals surface area contributed by atoms with Crippen LogP contribution in [0.1, 0.15) is 27.7 Å². The number of aliphatic hydroxyl groups excluding tert-OH is 1. The van der Waals surface area contributed by atoms with Crippen molar-refractivity contribution in [2.75, 3.05) is 18.5 Å². The molecule has 5 nitrogen and oxygen atoms in total. The molecule has 0 radical (unpaired) electrons. The number of pyridine rings is 1. The molecule has 1 fully saturated rings. The highest BCUT2D eigenvalue weighted by atomic mass is 19.1. The molecule has 0 aromatic carbocycles. The minimum Gasteiger partial charge on any atom is -0.398 e. The summed E-state index contributed by atoms with van der Waals surface area (Å²) in [4.78, 5) is 4.18. The molecule has 2 rings (SSSR count). The Morgan fingerprint density at radius 1 is 1.25 bits per heavy atom. The van der Waals surface area contributed by atoms with E-state index in [2.05, 4.69) is 10.3 Å². The van der Waals surface area contributed by atoms with Gasteiger partial charge in [-0.1, -0.05) is 0 Å². The van der Waals surface area contributed by atoms with Crippen molar-refractivity contribution in [3.05, 3.63) is 17.9 Å². The molecule has 0 bridgehead atoms. The SMILES string of the molecule is CC1(C)OB(c2nc(NCCO)ccc2F)OC1(C)C. The molecular formula is C13H20BFN2O3. The van der Waals surface area contributed by atoms with Gasteiger partial charge in [0, 0.05) is 6.54 Å². The van der Waals surface area contributed by atoms with Gasteiger partial charge in [-0.3, -0.25) is 0 Å². The lowest BCUT2D eigenvalue weighted by molar-refractivity contribution is 0.00578. The number of hydrogen-bond donors (Lipinski definition) is 2. The van der Waals surface area contributed by atoms with E-state index in [1.165, 1.54) is 12.1 Å². The fourth-order valence-corrected chi connectivity index (χ4v) is 1.86. The van der Waals surface area contributed by atoms with Crippen molar-refractivity contribution in [2.45, 2.75) is 38.9 Å². The fraction of sp³-hybridized carbons (Fsp3) is 0.615. The van der Waals surface area contributed by atoms with Crippen molar-refractivity contribution in [1.29, 1.82) is 0 Å². The Morgan fingerprint density at radius 3 is 2.40 bits per heavy atom. The molecule has 0 unspecified atom stereocenters. The first-order valence-corrected chi connectivity index (χ1v) is 6.63. The van der Waals surface area contributed by atoms with Gasteiger partial charge in [0.25, 0.3) is 0 Å². The Balaban J connectivity index is 2.25. The predicted octanol–water partition coefficient (Wildman–Crippen LogP) is 0.924. The van der Waals surface area contributed by atoms with E-state index in [1.54, 1.807) is 0 Å². The first kappa shape index (κ1) is 15.2. The van der Waals surface area contributed by atoms with Gasteiger partial charge in [0.15, 0.2) is 0 Å². The van der Waals surface area contributed by atoms with Crippen molar-refractivity contribution in [3.8, 4) is 0 Å². The van der Waals surface area contributed by atoms with Gasteiger partial charge >= 0.3 is 7.12 Å². The Morgan fingerprint density at radius 2 is 1.85 bits per heavy atom. The number of halogens is 1. The van der Waals surface area contributed by atoms with E-state index >= 15 is 0 Å². The summed E-state index contributed by atoms with van der Waals surface area (Å²) in [6.45, 7) is 7.93. The third kappa shape index (κ3) is 2.80. The minimum absolute atomic E-state index is 0.0229. The summed E-state index contributed by atoms with van der Waals surface area (Å²) in [5.74, 6) is 0.00297. The Hall–Kier alpha value is -1.18. The fourth-order valence-electron chi connectivity index (χ4n) is 1.86. The van der Waals surface area contributed by atoms with E-state index in [1.807, 2.05) is 27.7 Å². The van der Waals surface area contributed by atoms with Crippen LogP contribution in [-0.2, 0) is 9.31 Å². The van der Waals surface area contributed by atoms with Gasteiger partial charge in [0.05, 0.1) is 17.8 Å². The summed E-state index contributed by atoms with van der Waals surface area (Å²) >= 11 is 0. The smallest absolute Gasteiger partial charge is 0.398 e. The van der Waals surface area contributed by atoms with Gasteiger partial charge in [-0.05, 0) is 39.8 Å². The van der Waals surface area contributed by atoms with Crippen molar-refractivity contribution in [2.24, 2.45) is 0 Å². The highest BCUT2D eigenvalue weighted by Crippen LogP contribution is 2.36. The maximum Gasteiger partial charge on any atom is 0.517 e. The lowest BCUT2D eigenvalue weighted by Gasteiger charge is -2.32. The summed E-state index contributed by atoms with van der Waals surface area (Å²) in [7, 11) is -0.837. The van der Waals surface area contributed by atoms with Crippen LogP contribution in [-0.4, -0.2) is 41.6 Å². The molecule has 20 heavy (non-hydrogen) atoms. The molecule has 0 aliphatic carbocycles. The van der Waals surface area contributed by atoms with Gasteiger partial charge in [0.2, 0.25) is 0 Å². The normalized spacial score (nSPS) is 20.2. The average Bonchev–Trinajstić information content (AvgIpc) is 2.57. The molecular weight excluding hydrogens is 262 g/mol. The van der Waals surface area contributed by atoms with Gasteiger partial charge in [0.1, 0.15) is 17.2 Å². The van der Waals surface area contributed by atoms with Crippen molar-refractivity contribution >= 4 is 18.5 Å². The third-order valence-corrected chi connectivity index (χ3v) is 3.77. The first-order chi connectivity index (χ1) is 9.27. The van der Waals surface area contributed by atoms with Crippen LogP contribution in [0.15, 0.2) is 12.1 Å². The van der Waals surface area contributed by atoms with Crippen molar-refractivity contribution in [3.63, 3.8) is 0 Å². The molecule has 0 spiro atoms. The van der Waals surface area contributed by atoms with Crippen LogP contribution >= 0.6 is 0 Å². The van der Waals surface area contributed by atoms with E-state index in [0.717, 1.165) is 0 Å². The van der Waals surface area contributed by atoms with Gasteiger partial charge in [-0.2, -0.15) is 0 Å². The van der Waals surface area contributed by atoms with Crippen LogP contribution in [0.5, 0.6) is 0 Å². The van der Waals surface area contributed by atoms with Gasteiger partial charge < -0.3 is 19.7 Å². The van der Waals surface area contributed by atoms with Crippen LogP contribution in [0.25, 0.3) is 0 Å². The topological polar surface area (TPSA) is 63.6 Å². The van der Waals surface area contributed by atoms with Gasteiger partial charge in [-0.25, -0.2) is 9.37 Å². The lowest BCUT2D eigenvalue weighted by Crippen LogP contribution is -2.41. The zero-order chi connectivity index (χ0) is 15.0. The molecule has 2 N–H and O–H groups in total. The molecule has 1 aliphatic heterocycles. The Labute approximate surface area is 118 Å². The van der Waals surface area contributed by atoms with E-state index in [4.69, 9.17) is 14.4 Å². The number of rotatable bonds is 4. The minimum atomic E-state index is -0.837. The van der Waals surface area contributed by atoms with E-state index < -0.39 is 24.1 Å². The number of aliphatic hydroxyl groups is 1. The van der Waals surface area contributed by atoms with Crippen molar-refractivity contribution < 1.29 is 18.8 Å². The van der Waals surface area contributed by atoms with E-state index in [0.29, 0.717) is 12.4 Å². The maximum atomic E-state index is 13.9. The molecule has 2 heterocycles. The standard InChI is InChI=1S/C13H20BFN2O3/c1-12(2)13(3,4)20-14(19-12)11-9(15)5-6-10(17-11)16-7-8-18/h5-6,18H,7-8H2,1-4H3,(H,16,17). The number of anilines is 1. The summed E-state index contributed by atoms with van der Waals surface area (Å²) in [6.07, 6.45) is 0. The van der Waals surface area contributed by atoms with Crippen LogP contribution in [0.2, 0.25) is 0 Å². The van der Waals surface area contributed by atoms with Crippen LogP contribution < -0.4 is 10.9 Å². The quantitative estimate of drug-likeness (QED) is 0.804. The van der Waals surface area contributed by atoms with Gasteiger partial charge in [-0.15, -0.1) is 0 Å². The van der Waals surface area contributed by atoms with E-state index in [-0.39, 0.29) is 12.2 Å². The monoisotopic (exact) mass is 282 g/mol. The predicted molar refractivity (Wildman–Crippen MR) is 75.5 cm³/mol. The highest BCUT2D eigenvalue weighted by Gasteiger charge is 2.53. The van der Waals surface area contributed by atoms with Crippen LogP contribution in [0, 0.1) is 5.82 Å². The lowest BCUT2D eigenvalue weighted by atomic mass is 9.83. The number of hydrogen-bond acceptors (Lipinski definition) is 5. The molecule has 1 aromatic rings. The van der Waals surface area contributed by atoms with E-state index in [9.17, 15) is 4.39 Å². The molecule has 1 aromatic heterocycles. The molecule has 0 saturated carbocycles. The van der Waals surface area contributed by atoms with Crippen molar-refractivity contribution in [1.82, 2.24) is 4.98 Å². The summed E-state index contributed by atoms with van der Waals surface area (Å²) in [5.41, 5.74) is -0.965. The van der Waals surface area contributed by atoms with Crippen LogP contribution in [0.4, 0.5) is 10.2 Å².